The molecule has 0 atom stereocenters. The van der Waals surface area contributed by atoms with Gasteiger partial charge in [-0.15, -0.1) is 35.7 Å². The minimum absolute atomic E-state index is 0. The molecule has 0 amide bonds. The van der Waals surface area contributed by atoms with E-state index in [-0.39, 0.29) is 21.1 Å². The van der Waals surface area contributed by atoms with Gasteiger partial charge in [0.2, 0.25) is 0 Å². The summed E-state index contributed by atoms with van der Waals surface area (Å²) >= 11 is 0. The number of benzene rings is 4. The van der Waals surface area contributed by atoms with Crippen LogP contribution in [0.1, 0.15) is 35.6 Å². The molecule has 4 aromatic carbocycles. The van der Waals surface area contributed by atoms with Crippen LogP contribution in [-0.4, -0.2) is 19.3 Å². The maximum atomic E-state index is 6.35. The molecule has 6 heteroatoms. The van der Waals surface area contributed by atoms with Crippen LogP contribution < -0.4 is 4.74 Å². The van der Waals surface area contributed by atoms with E-state index < -0.39 is 0 Å². The van der Waals surface area contributed by atoms with Crippen LogP contribution >= 0.6 is 0 Å². The molecule has 0 aliphatic rings. The average Bonchev–Trinajstić information content (AvgIpc) is 3.60. The zero-order chi connectivity index (χ0) is 29.5. The normalized spacial score (nSPS) is 11.2. The van der Waals surface area contributed by atoms with E-state index in [1.165, 1.54) is 22.3 Å². The van der Waals surface area contributed by atoms with Crippen LogP contribution in [0.5, 0.6) is 11.5 Å². The Morgan fingerprint density at radius 2 is 1.66 bits per heavy atom. The molecule has 0 aliphatic carbocycles. The number of aryl methyl sites for hydroxylation is 4. The summed E-state index contributed by atoms with van der Waals surface area (Å²) in [6.45, 7) is 8.64. The topological polar surface area (TPSA) is 44.9 Å². The standard InChI is InChI=1S/C38H32N4O.Pt/c1-5-9-28-19-26(3)18-27(4)38(28)29-23-40-41(24-29)30-10-8-11-31(21-30)43-32-14-15-34-33-12-6-7-13-35(33)42(36(34)22-32)37-20-25(2)16-17-39-37;/h6-8,10-20,23-24H,5,9H2,1-4H3;/q-2;+2. The van der Waals surface area contributed by atoms with Crippen molar-refractivity contribution in [3.8, 4) is 34.1 Å². The Morgan fingerprint density at radius 3 is 2.50 bits per heavy atom. The number of nitrogens with zero attached hydrogens (tertiary/aromatic N) is 4. The number of aromatic nitrogens is 4. The summed E-state index contributed by atoms with van der Waals surface area (Å²) in [5.41, 5.74) is 10.3. The first kappa shape index (κ1) is 29.6. The number of para-hydroxylation sites is 1. The van der Waals surface area contributed by atoms with Gasteiger partial charge in [0.15, 0.2) is 0 Å². The Kier molecular flexibility index (Phi) is 8.25. The van der Waals surface area contributed by atoms with Crippen molar-refractivity contribution >= 4 is 21.8 Å². The Morgan fingerprint density at radius 1 is 0.818 bits per heavy atom. The molecule has 220 valence electrons. The fourth-order valence-corrected chi connectivity index (χ4v) is 6.08. The average molecular weight is 756 g/mol. The largest absolute Gasteiger partial charge is 2.00 e. The zero-order valence-corrected chi connectivity index (χ0v) is 27.4. The minimum atomic E-state index is 0. The van der Waals surface area contributed by atoms with Crippen molar-refractivity contribution < 1.29 is 25.8 Å². The Balaban J connectivity index is 0.00000343. The Hall–Kier alpha value is -4.47. The third-order valence-corrected chi connectivity index (χ3v) is 7.86. The van der Waals surface area contributed by atoms with Crippen LogP contribution in [0, 0.1) is 32.9 Å². The number of hydrogen-bond donors (Lipinski definition) is 0. The molecule has 5 nitrogen and oxygen atoms in total. The summed E-state index contributed by atoms with van der Waals surface area (Å²) in [6, 6.07) is 33.9. The first-order valence-corrected chi connectivity index (χ1v) is 14.7. The van der Waals surface area contributed by atoms with Crippen LogP contribution in [0.3, 0.4) is 0 Å². The van der Waals surface area contributed by atoms with Crippen molar-refractivity contribution in [2.45, 2.75) is 40.5 Å². The van der Waals surface area contributed by atoms with Gasteiger partial charge in [0.25, 0.3) is 0 Å². The van der Waals surface area contributed by atoms with Gasteiger partial charge in [0.1, 0.15) is 5.82 Å². The molecular formula is C38H32N4OPt. The van der Waals surface area contributed by atoms with Crippen molar-refractivity contribution in [1.82, 2.24) is 19.3 Å². The molecular weight excluding hydrogens is 724 g/mol. The zero-order valence-electron chi connectivity index (χ0n) is 25.2. The predicted octanol–water partition coefficient (Wildman–Crippen LogP) is 9.30. The van der Waals surface area contributed by atoms with E-state index in [1.54, 1.807) is 0 Å². The molecule has 7 aromatic rings. The van der Waals surface area contributed by atoms with Gasteiger partial charge in [-0.1, -0.05) is 54.8 Å². The van der Waals surface area contributed by atoms with E-state index in [2.05, 4.69) is 104 Å². The van der Waals surface area contributed by atoms with Gasteiger partial charge in [-0.05, 0) is 78.7 Å². The summed E-state index contributed by atoms with van der Waals surface area (Å²) in [6.07, 6.45) is 8.01. The number of fused-ring (bicyclic) bond motifs is 3. The van der Waals surface area contributed by atoms with Gasteiger partial charge in [-0.25, -0.2) is 4.98 Å². The molecule has 7 rings (SSSR count). The Bertz CT molecular complexity index is 2120. The van der Waals surface area contributed by atoms with Gasteiger partial charge in [0.05, 0.1) is 6.20 Å². The van der Waals surface area contributed by atoms with E-state index in [9.17, 15) is 0 Å². The molecule has 0 spiro atoms. The molecule has 0 radical (unpaired) electrons. The van der Waals surface area contributed by atoms with E-state index in [4.69, 9.17) is 9.84 Å². The van der Waals surface area contributed by atoms with Gasteiger partial charge < -0.3 is 9.30 Å². The Labute approximate surface area is 272 Å². The van der Waals surface area contributed by atoms with Crippen molar-refractivity contribution in [2.24, 2.45) is 0 Å². The van der Waals surface area contributed by atoms with Crippen LogP contribution in [-0.2, 0) is 27.5 Å². The van der Waals surface area contributed by atoms with E-state index >= 15 is 0 Å². The van der Waals surface area contributed by atoms with Crippen molar-refractivity contribution in [1.29, 1.82) is 0 Å². The van der Waals surface area contributed by atoms with Crippen LogP contribution in [0.15, 0.2) is 97.5 Å². The van der Waals surface area contributed by atoms with Crippen LogP contribution in [0.4, 0.5) is 0 Å². The summed E-state index contributed by atoms with van der Waals surface area (Å²) in [5.74, 6) is 2.06. The molecule has 0 N–H and O–H groups in total. The molecule has 0 saturated carbocycles. The number of ether oxygens (including phenoxy) is 1. The van der Waals surface area contributed by atoms with Gasteiger partial charge in [-0.3, -0.25) is 4.68 Å². The van der Waals surface area contributed by atoms with Gasteiger partial charge >= 0.3 is 21.1 Å². The van der Waals surface area contributed by atoms with Crippen LogP contribution in [0.25, 0.3) is 44.4 Å². The minimum Gasteiger partial charge on any atom is -0.509 e. The maximum absolute atomic E-state index is 6.35. The second-order valence-electron chi connectivity index (χ2n) is 11.2. The molecule has 3 aromatic heterocycles. The number of pyridine rings is 1. The number of hydrogen-bond acceptors (Lipinski definition) is 3. The molecule has 44 heavy (non-hydrogen) atoms. The first-order valence-electron chi connectivity index (χ1n) is 14.7. The number of rotatable bonds is 7. The second kappa shape index (κ2) is 12.3. The van der Waals surface area contributed by atoms with E-state index in [0.717, 1.165) is 57.3 Å². The van der Waals surface area contributed by atoms with Crippen LogP contribution in [0.2, 0.25) is 0 Å². The smallest absolute Gasteiger partial charge is 0.509 e. The summed E-state index contributed by atoms with van der Waals surface area (Å²) in [7, 11) is 0. The monoisotopic (exact) mass is 755 g/mol. The molecule has 0 aliphatic heterocycles. The van der Waals surface area contributed by atoms with Crippen molar-refractivity contribution in [3.63, 3.8) is 0 Å². The van der Waals surface area contributed by atoms with Crippen molar-refractivity contribution in [2.75, 3.05) is 0 Å². The van der Waals surface area contributed by atoms with Gasteiger partial charge in [0, 0.05) is 35.0 Å². The van der Waals surface area contributed by atoms with Gasteiger partial charge in [-0.2, -0.15) is 17.2 Å². The predicted molar refractivity (Wildman–Crippen MR) is 174 cm³/mol. The summed E-state index contributed by atoms with van der Waals surface area (Å²) < 4.78 is 10.4. The summed E-state index contributed by atoms with van der Waals surface area (Å²) in [5, 5.41) is 6.95. The molecule has 3 heterocycles. The quantitative estimate of drug-likeness (QED) is 0.153. The van der Waals surface area contributed by atoms with Crippen molar-refractivity contribution in [3.05, 3.63) is 132 Å². The van der Waals surface area contributed by atoms with E-state index in [0.29, 0.717) is 11.5 Å². The third kappa shape index (κ3) is 5.49. The molecule has 0 unspecified atom stereocenters. The first-order chi connectivity index (χ1) is 21.0. The van der Waals surface area contributed by atoms with E-state index in [1.807, 2.05) is 47.4 Å². The summed E-state index contributed by atoms with van der Waals surface area (Å²) in [4.78, 5) is 4.68. The molecule has 0 saturated heterocycles. The molecule has 0 fully saturated rings. The molecule has 0 bridgehead atoms. The maximum Gasteiger partial charge on any atom is 2.00 e. The fourth-order valence-electron chi connectivity index (χ4n) is 6.08. The second-order valence-corrected chi connectivity index (χ2v) is 11.2. The third-order valence-electron chi connectivity index (χ3n) is 7.86. The SMILES string of the molecule is CCCc1cc(C)cc(C)c1-c1cnn(-c2[c-]c(Oc3[c-]c4c(cc3)c3ccccc3n4-c3cc(C)ccn3)ccc2)c1.[Pt+2]. The fraction of sp³-hybridized carbons (Fsp3) is 0.158.